The molecule has 0 saturated heterocycles. The average molecular weight is 244 g/mol. The van der Waals surface area contributed by atoms with Crippen LogP contribution < -0.4 is 5.32 Å². The van der Waals surface area contributed by atoms with Gasteiger partial charge in [-0.1, -0.05) is 31.5 Å². The number of hydrogen-bond donors (Lipinski definition) is 1. The molecule has 3 heteroatoms. The molecule has 0 radical (unpaired) electrons. The third kappa shape index (κ3) is 2.92. The van der Waals surface area contributed by atoms with Crippen molar-refractivity contribution in [1.29, 1.82) is 0 Å². The fraction of sp³-hybridized carbons (Fsp3) is 0.400. The number of hydrogen-bond acceptors (Lipinski definition) is 1. The standard InChI is InChI=1S/C15H20N2O/c1-3-6-12(2)16-15(18)11-17-10-9-13-7-4-5-8-14(13)17/h4-5,7-10,12H,3,6,11H2,1-2H3,(H,16,18). The van der Waals surface area contributed by atoms with Crippen molar-refractivity contribution in [1.82, 2.24) is 9.88 Å². The van der Waals surface area contributed by atoms with Gasteiger partial charge in [-0.25, -0.2) is 0 Å². The maximum Gasteiger partial charge on any atom is 0.240 e. The highest BCUT2D eigenvalue weighted by molar-refractivity contribution is 5.83. The molecule has 1 aromatic carbocycles. The van der Waals surface area contributed by atoms with Crippen LogP contribution in [0.3, 0.4) is 0 Å². The molecule has 0 aliphatic rings. The average Bonchev–Trinajstić information content (AvgIpc) is 2.73. The fourth-order valence-corrected chi connectivity index (χ4v) is 2.26. The molecule has 0 aliphatic carbocycles. The Kier molecular flexibility index (Phi) is 4.03. The third-order valence-electron chi connectivity index (χ3n) is 3.12. The summed E-state index contributed by atoms with van der Waals surface area (Å²) in [7, 11) is 0. The number of nitrogens with one attached hydrogen (secondary N) is 1. The van der Waals surface area contributed by atoms with Crippen LogP contribution >= 0.6 is 0 Å². The minimum Gasteiger partial charge on any atom is -0.352 e. The van der Waals surface area contributed by atoms with Gasteiger partial charge in [0.25, 0.3) is 0 Å². The van der Waals surface area contributed by atoms with Gasteiger partial charge in [-0.15, -0.1) is 0 Å². The van der Waals surface area contributed by atoms with Crippen LogP contribution in [0.4, 0.5) is 0 Å². The van der Waals surface area contributed by atoms with Gasteiger partial charge >= 0.3 is 0 Å². The van der Waals surface area contributed by atoms with Crippen LogP contribution in [-0.2, 0) is 11.3 Å². The summed E-state index contributed by atoms with van der Waals surface area (Å²) in [6, 6.07) is 10.4. The molecule has 0 saturated carbocycles. The lowest BCUT2D eigenvalue weighted by molar-refractivity contribution is -0.122. The van der Waals surface area contributed by atoms with E-state index < -0.39 is 0 Å². The first-order valence-electron chi connectivity index (χ1n) is 6.54. The molecule has 1 amide bonds. The van der Waals surface area contributed by atoms with Gasteiger partial charge in [-0.3, -0.25) is 4.79 Å². The summed E-state index contributed by atoms with van der Waals surface area (Å²) in [4.78, 5) is 11.9. The van der Waals surface area contributed by atoms with E-state index >= 15 is 0 Å². The summed E-state index contributed by atoms with van der Waals surface area (Å²) in [5.74, 6) is 0.0808. The monoisotopic (exact) mass is 244 g/mol. The van der Waals surface area contributed by atoms with Crippen molar-refractivity contribution in [3.05, 3.63) is 36.5 Å². The number of carbonyl (C=O) groups excluding carboxylic acids is 1. The van der Waals surface area contributed by atoms with Gasteiger partial charge in [0, 0.05) is 17.8 Å². The zero-order valence-corrected chi connectivity index (χ0v) is 11.0. The molecular weight excluding hydrogens is 224 g/mol. The van der Waals surface area contributed by atoms with Gasteiger partial charge in [0.15, 0.2) is 0 Å². The van der Waals surface area contributed by atoms with E-state index in [9.17, 15) is 4.79 Å². The first-order valence-corrected chi connectivity index (χ1v) is 6.54. The van der Waals surface area contributed by atoms with Crippen molar-refractivity contribution in [2.75, 3.05) is 0 Å². The van der Waals surface area contributed by atoms with Crippen LogP contribution in [0.5, 0.6) is 0 Å². The summed E-state index contributed by atoms with van der Waals surface area (Å²) in [6.45, 7) is 4.57. The predicted molar refractivity (Wildman–Crippen MR) is 74.5 cm³/mol. The van der Waals surface area contributed by atoms with E-state index in [2.05, 4.69) is 25.2 Å². The molecule has 18 heavy (non-hydrogen) atoms. The van der Waals surface area contributed by atoms with Crippen LogP contribution in [0.15, 0.2) is 36.5 Å². The minimum atomic E-state index is 0.0808. The first kappa shape index (κ1) is 12.7. The van der Waals surface area contributed by atoms with Crippen LogP contribution in [0.25, 0.3) is 10.9 Å². The molecule has 0 aliphatic heterocycles. The van der Waals surface area contributed by atoms with Crippen LogP contribution in [0, 0.1) is 0 Å². The van der Waals surface area contributed by atoms with Gasteiger partial charge in [-0.05, 0) is 30.9 Å². The minimum absolute atomic E-state index is 0.0808. The SMILES string of the molecule is CCCC(C)NC(=O)Cn1ccc2ccccc21. The molecule has 0 bridgehead atoms. The number of carbonyl (C=O) groups is 1. The highest BCUT2D eigenvalue weighted by atomic mass is 16.2. The number of rotatable bonds is 5. The van der Waals surface area contributed by atoms with Crippen LogP contribution in [0.1, 0.15) is 26.7 Å². The van der Waals surface area contributed by atoms with E-state index in [0.29, 0.717) is 6.54 Å². The lowest BCUT2D eigenvalue weighted by atomic mass is 10.2. The Hall–Kier alpha value is -1.77. The fourth-order valence-electron chi connectivity index (χ4n) is 2.26. The molecule has 3 nitrogen and oxygen atoms in total. The zero-order valence-electron chi connectivity index (χ0n) is 11.0. The van der Waals surface area contributed by atoms with Crippen LogP contribution in [-0.4, -0.2) is 16.5 Å². The Bertz CT molecular complexity index is 530. The number of para-hydroxylation sites is 1. The lowest BCUT2D eigenvalue weighted by Gasteiger charge is -2.13. The quantitative estimate of drug-likeness (QED) is 0.862. The summed E-state index contributed by atoms with van der Waals surface area (Å²) in [6.07, 6.45) is 4.08. The first-order chi connectivity index (χ1) is 8.70. The van der Waals surface area contributed by atoms with Crippen molar-refractivity contribution < 1.29 is 4.79 Å². The highest BCUT2D eigenvalue weighted by Crippen LogP contribution is 2.14. The molecule has 1 atom stereocenters. The molecule has 2 rings (SSSR count). The van der Waals surface area contributed by atoms with E-state index in [0.717, 1.165) is 18.4 Å². The topological polar surface area (TPSA) is 34.0 Å². The number of benzene rings is 1. The summed E-state index contributed by atoms with van der Waals surface area (Å²) in [5, 5.41) is 4.20. The largest absolute Gasteiger partial charge is 0.352 e. The van der Waals surface area contributed by atoms with Crippen molar-refractivity contribution in [3.8, 4) is 0 Å². The van der Waals surface area contributed by atoms with E-state index in [4.69, 9.17) is 0 Å². The zero-order chi connectivity index (χ0) is 13.0. The Morgan fingerprint density at radius 1 is 1.33 bits per heavy atom. The molecule has 0 spiro atoms. The Labute approximate surface area is 108 Å². The van der Waals surface area contributed by atoms with Crippen molar-refractivity contribution >= 4 is 16.8 Å². The highest BCUT2D eigenvalue weighted by Gasteiger charge is 2.08. The molecular formula is C15H20N2O. The molecule has 2 aromatic rings. The number of nitrogens with zero attached hydrogens (tertiary/aromatic N) is 1. The normalized spacial score (nSPS) is 12.6. The Morgan fingerprint density at radius 2 is 2.11 bits per heavy atom. The van der Waals surface area contributed by atoms with Gasteiger partial charge in [0.2, 0.25) is 5.91 Å². The molecule has 1 N–H and O–H groups in total. The second-order valence-corrected chi connectivity index (χ2v) is 4.76. The van der Waals surface area contributed by atoms with Gasteiger partial charge in [0.1, 0.15) is 6.54 Å². The maximum atomic E-state index is 11.9. The lowest BCUT2D eigenvalue weighted by Crippen LogP contribution is -2.34. The molecule has 96 valence electrons. The van der Waals surface area contributed by atoms with E-state index in [1.807, 2.05) is 35.0 Å². The number of amides is 1. The van der Waals surface area contributed by atoms with Gasteiger partial charge < -0.3 is 9.88 Å². The van der Waals surface area contributed by atoms with Crippen molar-refractivity contribution in [2.45, 2.75) is 39.3 Å². The smallest absolute Gasteiger partial charge is 0.240 e. The number of aromatic nitrogens is 1. The van der Waals surface area contributed by atoms with Crippen LogP contribution in [0.2, 0.25) is 0 Å². The summed E-state index contributed by atoms with van der Waals surface area (Å²) >= 11 is 0. The van der Waals surface area contributed by atoms with E-state index in [1.165, 1.54) is 5.39 Å². The maximum absolute atomic E-state index is 11.9. The Balaban J connectivity index is 2.03. The van der Waals surface area contributed by atoms with Crippen molar-refractivity contribution in [2.24, 2.45) is 0 Å². The second kappa shape index (κ2) is 5.71. The van der Waals surface area contributed by atoms with Crippen molar-refractivity contribution in [3.63, 3.8) is 0 Å². The molecule has 0 fully saturated rings. The third-order valence-corrected chi connectivity index (χ3v) is 3.12. The predicted octanol–water partition coefficient (Wildman–Crippen LogP) is 2.95. The summed E-state index contributed by atoms with van der Waals surface area (Å²) in [5.41, 5.74) is 1.11. The molecule has 1 heterocycles. The van der Waals surface area contributed by atoms with Gasteiger partial charge in [-0.2, -0.15) is 0 Å². The van der Waals surface area contributed by atoms with E-state index in [1.54, 1.807) is 0 Å². The number of fused-ring (bicyclic) bond motifs is 1. The second-order valence-electron chi connectivity index (χ2n) is 4.76. The molecule has 1 aromatic heterocycles. The molecule has 1 unspecified atom stereocenters. The van der Waals surface area contributed by atoms with Gasteiger partial charge in [0.05, 0.1) is 0 Å². The summed E-state index contributed by atoms with van der Waals surface area (Å²) < 4.78 is 1.99. The van der Waals surface area contributed by atoms with E-state index in [-0.39, 0.29) is 11.9 Å². The Morgan fingerprint density at radius 3 is 2.89 bits per heavy atom.